The Morgan fingerprint density at radius 1 is 1.06 bits per heavy atom. The fourth-order valence-corrected chi connectivity index (χ4v) is 1.93. The summed E-state index contributed by atoms with van der Waals surface area (Å²) in [6.07, 6.45) is -2.20. The van der Waals surface area contributed by atoms with Crippen LogP contribution in [0.15, 0.2) is 42.6 Å². The lowest BCUT2D eigenvalue weighted by molar-refractivity contribution is -0.137. The number of halogens is 3. The van der Waals surface area contributed by atoms with E-state index in [0.717, 1.165) is 11.8 Å². The second kappa shape index (κ2) is 4.86. The minimum atomic E-state index is -4.36. The van der Waals surface area contributed by atoms with Crippen molar-refractivity contribution in [3.8, 4) is 5.69 Å². The third kappa shape index (κ3) is 2.41. The minimum Gasteiger partial charge on any atom is -0.330 e. The first-order chi connectivity index (χ1) is 8.54. The van der Waals surface area contributed by atoms with Gasteiger partial charge in [0.1, 0.15) is 0 Å². The maximum atomic E-state index is 12.9. The highest BCUT2D eigenvalue weighted by molar-refractivity contribution is 5.44. The topological polar surface area (TPSA) is 30.9 Å². The van der Waals surface area contributed by atoms with Gasteiger partial charge in [-0.25, -0.2) is 0 Å². The van der Waals surface area contributed by atoms with E-state index < -0.39 is 11.7 Å². The average molecular weight is 254 g/mol. The van der Waals surface area contributed by atoms with Gasteiger partial charge in [0.25, 0.3) is 0 Å². The molecule has 1 aromatic carbocycles. The molecular weight excluding hydrogens is 241 g/mol. The Kier molecular flexibility index (Phi) is 3.43. The van der Waals surface area contributed by atoms with Gasteiger partial charge in [0, 0.05) is 18.3 Å². The van der Waals surface area contributed by atoms with Crippen LogP contribution >= 0.6 is 0 Å². The van der Waals surface area contributed by atoms with Crippen molar-refractivity contribution in [2.24, 2.45) is 5.73 Å². The van der Waals surface area contributed by atoms with Crippen molar-refractivity contribution in [3.63, 3.8) is 0 Å². The highest BCUT2D eigenvalue weighted by Gasteiger charge is 2.33. The molecule has 0 saturated heterocycles. The Labute approximate surface area is 103 Å². The van der Waals surface area contributed by atoms with E-state index in [1.807, 2.05) is 0 Å². The summed E-state index contributed by atoms with van der Waals surface area (Å²) < 4.78 is 40.3. The summed E-state index contributed by atoms with van der Waals surface area (Å²) in [7, 11) is 0. The fraction of sp³-hybridized carbons (Fsp3) is 0.231. The summed E-state index contributed by atoms with van der Waals surface area (Å²) >= 11 is 0. The Morgan fingerprint density at radius 2 is 1.78 bits per heavy atom. The Morgan fingerprint density at radius 3 is 2.44 bits per heavy atom. The maximum Gasteiger partial charge on any atom is 0.418 e. The van der Waals surface area contributed by atoms with Crippen LogP contribution in [0.3, 0.4) is 0 Å². The predicted molar refractivity (Wildman–Crippen MR) is 63.5 cm³/mol. The molecule has 0 amide bonds. The molecule has 2 N–H and O–H groups in total. The SMILES string of the molecule is NCCc1cccn1-c1ccccc1C(F)(F)F. The number of para-hydroxylation sites is 1. The number of rotatable bonds is 3. The number of hydrogen-bond acceptors (Lipinski definition) is 1. The van der Waals surface area contributed by atoms with Crippen LogP contribution in [0.5, 0.6) is 0 Å². The number of nitrogens with zero attached hydrogens (tertiary/aromatic N) is 1. The summed E-state index contributed by atoms with van der Waals surface area (Å²) in [6.45, 7) is 0.401. The molecule has 96 valence electrons. The molecule has 2 aromatic rings. The van der Waals surface area contributed by atoms with E-state index in [1.54, 1.807) is 24.4 Å². The average Bonchev–Trinajstić information content (AvgIpc) is 2.77. The molecule has 5 heteroatoms. The third-order valence-electron chi connectivity index (χ3n) is 2.70. The first kappa shape index (κ1) is 12.7. The zero-order valence-electron chi connectivity index (χ0n) is 9.61. The number of aromatic nitrogens is 1. The van der Waals surface area contributed by atoms with Crippen LogP contribution in [0.25, 0.3) is 5.69 Å². The lowest BCUT2D eigenvalue weighted by atomic mass is 10.1. The monoisotopic (exact) mass is 254 g/mol. The van der Waals surface area contributed by atoms with Crippen molar-refractivity contribution in [2.75, 3.05) is 6.54 Å². The summed E-state index contributed by atoms with van der Waals surface area (Å²) in [6, 6.07) is 9.03. The van der Waals surface area contributed by atoms with E-state index in [9.17, 15) is 13.2 Å². The van der Waals surface area contributed by atoms with E-state index in [2.05, 4.69) is 0 Å². The molecule has 0 fully saturated rings. The molecule has 1 heterocycles. The number of hydrogen-bond donors (Lipinski definition) is 1. The Balaban J connectivity index is 2.54. The van der Waals surface area contributed by atoms with E-state index in [0.29, 0.717) is 13.0 Å². The zero-order chi connectivity index (χ0) is 13.2. The summed E-state index contributed by atoms with van der Waals surface area (Å²) in [4.78, 5) is 0. The molecule has 0 aliphatic rings. The molecule has 1 aromatic heterocycles. The fourth-order valence-electron chi connectivity index (χ4n) is 1.93. The van der Waals surface area contributed by atoms with E-state index in [1.165, 1.54) is 16.7 Å². The van der Waals surface area contributed by atoms with Gasteiger partial charge in [0.2, 0.25) is 0 Å². The van der Waals surface area contributed by atoms with Gasteiger partial charge in [-0.3, -0.25) is 0 Å². The molecule has 2 nitrogen and oxygen atoms in total. The van der Waals surface area contributed by atoms with E-state index in [4.69, 9.17) is 5.73 Å². The molecule has 2 rings (SSSR count). The number of nitrogens with two attached hydrogens (primary N) is 1. The van der Waals surface area contributed by atoms with Crippen molar-refractivity contribution >= 4 is 0 Å². The largest absolute Gasteiger partial charge is 0.418 e. The second-order valence-corrected chi connectivity index (χ2v) is 3.92. The third-order valence-corrected chi connectivity index (χ3v) is 2.70. The van der Waals surface area contributed by atoms with E-state index >= 15 is 0 Å². The Bertz CT molecular complexity index is 529. The molecule has 0 aliphatic heterocycles. The lowest BCUT2D eigenvalue weighted by Gasteiger charge is -2.15. The summed E-state index contributed by atoms with van der Waals surface area (Å²) in [5.74, 6) is 0. The van der Waals surface area contributed by atoms with Crippen LogP contribution in [0.1, 0.15) is 11.3 Å². The standard InChI is InChI=1S/C13H13F3N2/c14-13(15,16)11-5-1-2-6-12(11)18-9-3-4-10(18)7-8-17/h1-6,9H,7-8,17H2. The van der Waals surface area contributed by atoms with Crippen LogP contribution in [0.4, 0.5) is 13.2 Å². The molecule has 0 spiro atoms. The van der Waals surface area contributed by atoms with Crippen LogP contribution in [0.2, 0.25) is 0 Å². The van der Waals surface area contributed by atoms with Crippen molar-refractivity contribution in [2.45, 2.75) is 12.6 Å². The zero-order valence-corrected chi connectivity index (χ0v) is 9.61. The molecule has 0 radical (unpaired) electrons. The van der Waals surface area contributed by atoms with Crippen LogP contribution < -0.4 is 5.73 Å². The highest BCUT2D eigenvalue weighted by atomic mass is 19.4. The van der Waals surface area contributed by atoms with Crippen LogP contribution in [0, 0.1) is 0 Å². The Hall–Kier alpha value is -1.75. The van der Waals surface area contributed by atoms with Gasteiger partial charge in [-0.15, -0.1) is 0 Å². The predicted octanol–water partition coefficient (Wildman–Crippen LogP) is 3.00. The van der Waals surface area contributed by atoms with Gasteiger partial charge in [-0.2, -0.15) is 13.2 Å². The molecule has 0 saturated carbocycles. The van der Waals surface area contributed by atoms with Crippen molar-refractivity contribution < 1.29 is 13.2 Å². The summed E-state index contributed by atoms with van der Waals surface area (Å²) in [5, 5.41) is 0. The lowest BCUT2D eigenvalue weighted by Crippen LogP contribution is -2.13. The second-order valence-electron chi connectivity index (χ2n) is 3.92. The minimum absolute atomic E-state index is 0.137. The van der Waals surface area contributed by atoms with Crippen LogP contribution in [-0.2, 0) is 12.6 Å². The molecule has 0 atom stereocenters. The number of alkyl halides is 3. The molecule has 0 unspecified atom stereocenters. The van der Waals surface area contributed by atoms with Crippen molar-refractivity contribution in [1.29, 1.82) is 0 Å². The van der Waals surface area contributed by atoms with Crippen molar-refractivity contribution in [3.05, 3.63) is 53.9 Å². The quantitative estimate of drug-likeness (QED) is 0.896. The highest BCUT2D eigenvalue weighted by Crippen LogP contribution is 2.34. The number of benzene rings is 1. The normalized spacial score (nSPS) is 11.8. The summed E-state index contributed by atoms with van der Waals surface area (Å²) in [5.41, 5.74) is 5.73. The van der Waals surface area contributed by atoms with Gasteiger partial charge in [-0.05, 0) is 30.8 Å². The van der Waals surface area contributed by atoms with Gasteiger partial charge < -0.3 is 10.3 Å². The molecule has 0 bridgehead atoms. The van der Waals surface area contributed by atoms with Gasteiger partial charge in [0.15, 0.2) is 0 Å². The molecular formula is C13H13F3N2. The van der Waals surface area contributed by atoms with Gasteiger partial charge in [0.05, 0.1) is 11.3 Å². The van der Waals surface area contributed by atoms with E-state index in [-0.39, 0.29) is 5.69 Å². The molecule has 18 heavy (non-hydrogen) atoms. The van der Waals surface area contributed by atoms with Gasteiger partial charge in [-0.1, -0.05) is 12.1 Å². The smallest absolute Gasteiger partial charge is 0.330 e. The maximum absolute atomic E-state index is 12.9. The van der Waals surface area contributed by atoms with Crippen molar-refractivity contribution in [1.82, 2.24) is 4.57 Å². The first-order valence-electron chi connectivity index (χ1n) is 5.57. The van der Waals surface area contributed by atoms with Gasteiger partial charge >= 0.3 is 6.18 Å². The van der Waals surface area contributed by atoms with Crippen LogP contribution in [-0.4, -0.2) is 11.1 Å². The first-order valence-corrected chi connectivity index (χ1v) is 5.57. The molecule has 0 aliphatic carbocycles.